The van der Waals surface area contributed by atoms with Gasteiger partial charge in [0.1, 0.15) is 12.4 Å². The number of hydrogen-bond acceptors (Lipinski definition) is 6. The van der Waals surface area contributed by atoms with Gasteiger partial charge in [-0.3, -0.25) is 5.41 Å². The van der Waals surface area contributed by atoms with Gasteiger partial charge < -0.3 is 19.3 Å². The maximum Gasteiger partial charge on any atom is 0.338 e. The Bertz CT molecular complexity index is 415. The predicted molar refractivity (Wildman–Crippen MR) is 63.8 cm³/mol. The van der Waals surface area contributed by atoms with Crippen LogP contribution in [0.3, 0.4) is 0 Å². The number of methoxy groups -OCH3 is 2. The number of benzene rings is 1. The summed E-state index contributed by atoms with van der Waals surface area (Å²) in [6.07, 6.45) is -1.31. The highest BCUT2D eigenvalue weighted by atomic mass is 16.5. The molecule has 6 nitrogen and oxygen atoms in total. The lowest BCUT2D eigenvalue weighted by atomic mass is 10.2. The standard InChI is InChI=1S/C12H15NO5/c1-16-11(13)8-3-5-9(6-4-8)18-7-10(14)12(15)17-2/h3-6,10,13-14H,7H2,1-2H3/t10-/m0/s1. The molecule has 0 radical (unpaired) electrons. The Kier molecular flexibility index (Phi) is 5.13. The van der Waals surface area contributed by atoms with Gasteiger partial charge in [-0.25, -0.2) is 4.79 Å². The number of rotatable bonds is 5. The molecule has 0 heterocycles. The lowest BCUT2D eigenvalue weighted by molar-refractivity contribution is -0.151. The zero-order valence-electron chi connectivity index (χ0n) is 10.2. The first-order valence-electron chi connectivity index (χ1n) is 5.20. The van der Waals surface area contributed by atoms with Crippen LogP contribution in [0.15, 0.2) is 24.3 Å². The van der Waals surface area contributed by atoms with Crippen molar-refractivity contribution in [1.82, 2.24) is 0 Å². The maximum absolute atomic E-state index is 10.9. The molecule has 0 spiro atoms. The van der Waals surface area contributed by atoms with Gasteiger partial charge in [-0.2, -0.15) is 0 Å². The minimum atomic E-state index is -1.31. The lowest BCUT2D eigenvalue weighted by Gasteiger charge is -2.10. The maximum atomic E-state index is 10.9. The highest BCUT2D eigenvalue weighted by Gasteiger charge is 2.15. The van der Waals surface area contributed by atoms with E-state index < -0.39 is 12.1 Å². The third-order valence-corrected chi connectivity index (χ3v) is 2.20. The summed E-state index contributed by atoms with van der Waals surface area (Å²) in [6.45, 7) is -0.187. The third kappa shape index (κ3) is 3.74. The van der Waals surface area contributed by atoms with Crippen LogP contribution in [0.4, 0.5) is 0 Å². The smallest absolute Gasteiger partial charge is 0.338 e. The predicted octanol–water partition coefficient (Wildman–Crippen LogP) is 0.571. The second-order valence-corrected chi connectivity index (χ2v) is 3.41. The van der Waals surface area contributed by atoms with E-state index in [1.165, 1.54) is 14.2 Å². The molecule has 1 aromatic rings. The summed E-state index contributed by atoms with van der Waals surface area (Å²) in [5, 5.41) is 16.7. The summed E-state index contributed by atoms with van der Waals surface area (Å²) in [5.74, 6) is -0.213. The Morgan fingerprint density at radius 3 is 2.39 bits per heavy atom. The molecule has 1 rings (SSSR count). The van der Waals surface area contributed by atoms with Crippen molar-refractivity contribution in [2.75, 3.05) is 20.8 Å². The van der Waals surface area contributed by atoms with E-state index in [2.05, 4.69) is 4.74 Å². The van der Waals surface area contributed by atoms with E-state index in [9.17, 15) is 9.90 Å². The Labute approximate surface area is 105 Å². The zero-order chi connectivity index (χ0) is 13.5. The molecule has 1 atom stereocenters. The molecule has 0 fully saturated rings. The van der Waals surface area contributed by atoms with Crippen molar-refractivity contribution in [3.63, 3.8) is 0 Å². The molecule has 0 bridgehead atoms. The topological polar surface area (TPSA) is 88.8 Å². The second kappa shape index (κ2) is 6.61. The molecule has 2 N–H and O–H groups in total. The Morgan fingerprint density at radius 1 is 1.28 bits per heavy atom. The SMILES string of the molecule is COC(=N)c1ccc(OC[C@H](O)C(=O)OC)cc1. The fourth-order valence-electron chi connectivity index (χ4n) is 1.20. The van der Waals surface area contributed by atoms with Gasteiger partial charge in [0.15, 0.2) is 6.10 Å². The van der Waals surface area contributed by atoms with Crippen LogP contribution in [0, 0.1) is 5.41 Å². The van der Waals surface area contributed by atoms with Gasteiger partial charge in [-0.05, 0) is 24.3 Å². The van der Waals surface area contributed by atoms with Gasteiger partial charge in [-0.15, -0.1) is 0 Å². The number of esters is 1. The van der Waals surface area contributed by atoms with Crippen molar-refractivity contribution < 1.29 is 24.1 Å². The van der Waals surface area contributed by atoms with Crippen LogP contribution in [0.25, 0.3) is 0 Å². The summed E-state index contributed by atoms with van der Waals surface area (Å²) in [6, 6.07) is 6.52. The van der Waals surface area contributed by atoms with Crippen molar-refractivity contribution in [2.24, 2.45) is 0 Å². The third-order valence-electron chi connectivity index (χ3n) is 2.20. The summed E-state index contributed by atoms with van der Waals surface area (Å²) in [4.78, 5) is 10.9. The molecule has 0 aliphatic heterocycles. The van der Waals surface area contributed by atoms with Gasteiger partial charge in [0, 0.05) is 5.56 Å². The molecule has 98 valence electrons. The van der Waals surface area contributed by atoms with Gasteiger partial charge in [0.25, 0.3) is 0 Å². The van der Waals surface area contributed by atoms with Crippen molar-refractivity contribution in [3.05, 3.63) is 29.8 Å². The number of carbonyl (C=O) groups excluding carboxylic acids is 1. The first kappa shape index (κ1) is 14.0. The molecular weight excluding hydrogens is 238 g/mol. The molecule has 18 heavy (non-hydrogen) atoms. The highest BCUT2D eigenvalue weighted by Crippen LogP contribution is 2.13. The first-order valence-corrected chi connectivity index (χ1v) is 5.20. The van der Waals surface area contributed by atoms with Crippen molar-refractivity contribution in [1.29, 1.82) is 5.41 Å². The van der Waals surface area contributed by atoms with E-state index in [4.69, 9.17) is 14.9 Å². The number of ether oxygens (including phenoxy) is 3. The van der Waals surface area contributed by atoms with Crippen LogP contribution in [0.2, 0.25) is 0 Å². The average Bonchev–Trinajstić information content (AvgIpc) is 2.43. The van der Waals surface area contributed by atoms with E-state index in [0.717, 1.165) is 0 Å². The second-order valence-electron chi connectivity index (χ2n) is 3.41. The van der Waals surface area contributed by atoms with E-state index in [1.54, 1.807) is 24.3 Å². The number of hydrogen-bond donors (Lipinski definition) is 2. The van der Waals surface area contributed by atoms with Gasteiger partial charge in [0.05, 0.1) is 14.2 Å². The minimum Gasteiger partial charge on any atom is -0.490 e. The number of carbonyl (C=O) groups is 1. The van der Waals surface area contributed by atoms with E-state index >= 15 is 0 Å². The quantitative estimate of drug-likeness (QED) is 0.455. The van der Waals surface area contributed by atoms with Crippen molar-refractivity contribution in [2.45, 2.75) is 6.10 Å². The summed E-state index contributed by atoms with van der Waals surface area (Å²) < 4.78 is 14.3. The summed E-state index contributed by atoms with van der Waals surface area (Å²) in [5.41, 5.74) is 0.610. The molecule has 0 aliphatic carbocycles. The molecule has 0 saturated heterocycles. The van der Waals surface area contributed by atoms with Crippen molar-refractivity contribution in [3.8, 4) is 5.75 Å². The monoisotopic (exact) mass is 253 g/mol. The Morgan fingerprint density at radius 2 is 1.89 bits per heavy atom. The van der Waals surface area contributed by atoms with E-state index in [1.807, 2.05) is 0 Å². The van der Waals surface area contributed by atoms with Gasteiger partial charge in [-0.1, -0.05) is 0 Å². The fourth-order valence-corrected chi connectivity index (χ4v) is 1.20. The highest BCUT2D eigenvalue weighted by molar-refractivity contribution is 5.91. The van der Waals surface area contributed by atoms with Crippen LogP contribution < -0.4 is 4.74 Å². The van der Waals surface area contributed by atoms with Crippen LogP contribution in [0.5, 0.6) is 5.75 Å². The molecule has 0 aromatic heterocycles. The van der Waals surface area contributed by atoms with Crippen LogP contribution >= 0.6 is 0 Å². The molecule has 0 unspecified atom stereocenters. The first-order chi connectivity index (χ1) is 8.58. The van der Waals surface area contributed by atoms with Crippen LogP contribution in [-0.4, -0.2) is 43.9 Å². The van der Waals surface area contributed by atoms with Crippen molar-refractivity contribution >= 4 is 11.9 Å². The Balaban J connectivity index is 2.54. The lowest BCUT2D eigenvalue weighted by Crippen LogP contribution is -2.28. The number of nitrogens with one attached hydrogen (secondary N) is 1. The van der Waals surface area contributed by atoms with E-state index in [0.29, 0.717) is 11.3 Å². The van der Waals surface area contributed by atoms with Gasteiger partial charge in [0.2, 0.25) is 5.90 Å². The van der Waals surface area contributed by atoms with E-state index in [-0.39, 0.29) is 12.5 Å². The number of aliphatic hydroxyl groups is 1. The van der Waals surface area contributed by atoms with Crippen LogP contribution in [0.1, 0.15) is 5.56 Å². The summed E-state index contributed by atoms with van der Waals surface area (Å²) in [7, 11) is 2.61. The molecule has 1 aromatic carbocycles. The molecule has 0 aliphatic rings. The number of aliphatic hydroxyl groups excluding tert-OH is 1. The van der Waals surface area contributed by atoms with Crippen LogP contribution in [-0.2, 0) is 14.3 Å². The Hall–Kier alpha value is -2.08. The normalized spacial score (nSPS) is 11.5. The largest absolute Gasteiger partial charge is 0.490 e. The minimum absolute atomic E-state index is 0.0520. The molecular formula is C12H15NO5. The molecule has 0 amide bonds. The fraction of sp³-hybridized carbons (Fsp3) is 0.333. The summed E-state index contributed by atoms with van der Waals surface area (Å²) >= 11 is 0. The average molecular weight is 253 g/mol. The molecule has 6 heteroatoms. The van der Waals surface area contributed by atoms with Gasteiger partial charge >= 0.3 is 5.97 Å². The molecule has 0 saturated carbocycles. The zero-order valence-corrected chi connectivity index (χ0v) is 10.2.